The minimum atomic E-state index is -0.0909. The van der Waals surface area contributed by atoms with E-state index in [0.717, 1.165) is 6.54 Å². The Labute approximate surface area is 126 Å². The Kier molecular flexibility index (Phi) is 4.67. The molecule has 0 aromatic carbocycles. The fraction of sp³-hybridized carbons (Fsp3) is 0.417. The second-order valence-corrected chi connectivity index (χ2v) is 5.23. The van der Waals surface area contributed by atoms with E-state index in [2.05, 4.69) is 10.2 Å². The largest absolute Gasteiger partial charge is 0.338 e. The summed E-state index contributed by atoms with van der Waals surface area (Å²) >= 11 is 11.8. The Bertz CT molecular complexity index is 607. The number of carbonyl (C=O) groups excluding carboxylic acids is 1. The molecule has 0 bridgehead atoms. The van der Waals surface area contributed by atoms with Gasteiger partial charge in [-0.3, -0.25) is 14.2 Å². The quantitative estimate of drug-likeness (QED) is 0.848. The van der Waals surface area contributed by atoms with Gasteiger partial charge in [-0.25, -0.2) is 0 Å². The molecule has 0 N–H and O–H groups in total. The Morgan fingerprint density at radius 3 is 2.65 bits per heavy atom. The molecule has 2 rings (SSSR count). The van der Waals surface area contributed by atoms with Crippen LogP contribution in [0.2, 0.25) is 10.0 Å². The molecule has 0 aliphatic heterocycles. The lowest BCUT2D eigenvalue weighted by atomic mass is 10.4. The molecular formula is C12H15Cl2N5O. The van der Waals surface area contributed by atoms with Crippen molar-refractivity contribution < 1.29 is 4.79 Å². The van der Waals surface area contributed by atoms with E-state index in [4.69, 9.17) is 23.2 Å². The van der Waals surface area contributed by atoms with Gasteiger partial charge in [-0.2, -0.15) is 10.2 Å². The number of amides is 1. The van der Waals surface area contributed by atoms with Crippen LogP contribution in [0.25, 0.3) is 0 Å². The van der Waals surface area contributed by atoms with E-state index >= 15 is 0 Å². The summed E-state index contributed by atoms with van der Waals surface area (Å²) in [4.78, 5) is 13.6. The average Bonchev–Trinajstić information content (AvgIpc) is 2.96. The van der Waals surface area contributed by atoms with Crippen LogP contribution in [0.1, 0.15) is 12.6 Å². The maximum absolute atomic E-state index is 12.1. The Balaban J connectivity index is 1.98. The molecule has 108 valence electrons. The number of aryl methyl sites for hydroxylation is 1. The van der Waals surface area contributed by atoms with Gasteiger partial charge in [0, 0.05) is 26.0 Å². The zero-order valence-corrected chi connectivity index (χ0v) is 12.8. The van der Waals surface area contributed by atoms with Crippen LogP contribution < -0.4 is 0 Å². The van der Waals surface area contributed by atoms with Crippen molar-refractivity contribution in [3.63, 3.8) is 0 Å². The second-order valence-electron chi connectivity index (χ2n) is 4.39. The lowest BCUT2D eigenvalue weighted by Gasteiger charge is -2.16. The van der Waals surface area contributed by atoms with Crippen molar-refractivity contribution in [3.8, 4) is 0 Å². The van der Waals surface area contributed by atoms with Crippen LogP contribution in [-0.4, -0.2) is 37.4 Å². The van der Waals surface area contributed by atoms with Gasteiger partial charge in [0.25, 0.3) is 0 Å². The van der Waals surface area contributed by atoms with Crippen molar-refractivity contribution in [1.29, 1.82) is 0 Å². The molecular weight excluding hydrogens is 301 g/mol. The van der Waals surface area contributed by atoms with Gasteiger partial charge in [0.1, 0.15) is 12.2 Å². The maximum Gasteiger partial charge on any atom is 0.244 e. The number of rotatable bonds is 5. The van der Waals surface area contributed by atoms with E-state index in [-0.39, 0.29) is 12.5 Å². The van der Waals surface area contributed by atoms with Crippen molar-refractivity contribution in [2.45, 2.75) is 26.6 Å². The summed E-state index contributed by atoms with van der Waals surface area (Å²) in [6.07, 6.45) is 4.85. The molecule has 20 heavy (non-hydrogen) atoms. The van der Waals surface area contributed by atoms with Crippen LogP contribution in [0.5, 0.6) is 0 Å². The van der Waals surface area contributed by atoms with E-state index in [1.807, 2.05) is 6.92 Å². The topological polar surface area (TPSA) is 56.0 Å². The molecule has 0 radical (unpaired) electrons. The maximum atomic E-state index is 12.1. The summed E-state index contributed by atoms with van der Waals surface area (Å²) in [7, 11) is 1.70. The van der Waals surface area contributed by atoms with Gasteiger partial charge >= 0.3 is 0 Å². The smallest absolute Gasteiger partial charge is 0.244 e. The summed E-state index contributed by atoms with van der Waals surface area (Å²) < 4.78 is 3.23. The number of likely N-dealkylation sites (N-methyl/N-ethyl adjacent to an activating group) is 1. The van der Waals surface area contributed by atoms with Crippen LogP contribution in [-0.2, 0) is 24.4 Å². The second kappa shape index (κ2) is 6.28. The standard InChI is InChI=1S/C12H15Cl2N5O/c1-3-18-6-10(14)11(16-18)7-17(2)12(20)8-19-5-9(13)4-15-19/h4-6H,3,7-8H2,1-2H3. The predicted octanol–water partition coefficient (Wildman–Crippen LogP) is 2.06. The van der Waals surface area contributed by atoms with Gasteiger partial charge in [-0.15, -0.1) is 0 Å². The highest BCUT2D eigenvalue weighted by Crippen LogP contribution is 2.15. The molecule has 0 atom stereocenters. The minimum Gasteiger partial charge on any atom is -0.338 e. The van der Waals surface area contributed by atoms with Crippen LogP contribution >= 0.6 is 23.2 Å². The molecule has 0 saturated heterocycles. The Hall–Kier alpha value is -1.53. The highest BCUT2D eigenvalue weighted by molar-refractivity contribution is 6.31. The molecule has 2 heterocycles. The van der Waals surface area contributed by atoms with Crippen molar-refractivity contribution in [3.05, 3.63) is 34.3 Å². The highest BCUT2D eigenvalue weighted by Gasteiger charge is 2.14. The molecule has 0 saturated carbocycles. The van der Waals surface area contributed by atoms with Crippen LogP contribution in [0.15, 0.2) is 18.6 Å². The first-order chi connectivity index (χ1) is 9.49. The first-order valence-corrected chi connectivity index (χ1v) is 6.89. The number of hydrogen-bond donors (Lipinski definition) is 0. The summed E-state index contributed by atoms with van der Waals surface area (Å²) in [6, 6.07) is 0. The van der Waals surface area contributed by atoms with Crippen LogP contribution in [0, 0.1) is 0 Å². The summed E-state index contributed by atoms with van der Waals surface area (Å²) in [5, 5.41) is 9.35. The molecule has 2 aromatic rings. The van der Waals surface area contributed by atoms with Gasteiger partial charge in [-0.05, 0) is 6.92 Å². The fourth-order valence-electron chi connectivity index (χ4n) is 1.70. The van der Waals surface area contributed by atoms with Crippen molar-refractivity contribution in [2.75, 3.05) is 7.05 Å². The Morgan fingerprint density at radius 2 is 2.10 bits per heavy atom. The summed E-state index contributed by atoms with van der Waals surface area (Å²) in [5.74, 6) is -0.0909. The number of hydrogen-bond acceptors (Lipinski definition) is 3. The monoisotopic (exact) mass is 315 g/mol. The normalized spacial score (nSPS) is 10.8. The number of aromatic nitrogens is 4. The molecule has 0 fully saturated rings. The fourth-order valence-corrected chi connectivity index (χ4v) is 2.07. The zero-order valence-electron chi connectivity index (χ0n) is 11.3. The van der Waals surface area contributed by atoms with Crippen molar-refractivity contribution >= 4 is 29.1 Å². The van der Waals surface area contributed by atoms with E-state index in [0.29, 0.717) is 22.3 Å². The molecule has 0 aliphatic rings. The molecule has 6 nitrogen and oxygen atoms in total. The van der Waals surface area contributed by atoms with Crippen LogP contribution in [0.4, 0.5) is 0 Å². The van der Waals surface area contributed by atoms with Gasteiger partial charge in [0.05, 0.1) is 22.8 Å². The molecule has 1 amide bonds. The minimum absolute atomic E-state index is 0.0909. The third-order valence-corrected chi connectivity index (χ3v) is 3.33. The number of halogens is 2. The third-order valence-electron chi connectivity index (χ3n) is 2.82. The van der Waals surface area contributed by atoms with E-state index in [1.54, 1.807) is 29.0 Å². The van der Waals surface area contributed by atoms with Gasteiger partial charge in [-0.1, -0.05) is 23.2 Å². The average molecular weight is 316 g/mol. The third kappa shape index (κ3) is 3.52. The first-order valence-electron chi connectivity index (χ1n) is 6.13. The van der Waals surface area contributed by atoms with Crippen LogP contribution in [0.3, 0.4) is 0 Å². The van der Waals surface area contributed by atoms with E-state index < -0.39 is 0 Å². The van der Waals surface area contributed by atoms with E-state index in [9.17, 15) is 4.79 Å². The molecule has 0 spiro atoms. The summed E-state index contributed by atoms with van der Waals surface area (Å²) in [6.45, 7) is 3.21. The predicted molar refractivity (Wildman–Crippen MR) is 76.6 cm³/mol. The molecule has 8 heteroatoms. The first kappa shape index (κ1) is 14.9. The van der Waals surface area contributed by atoms with E-state index in [1.165, 1.54) is 10.9 Å². The van der Waals surface area contributed by atoms with Gasteiger partial charge < -0.3 is 4.90 Å². The van der Waals surface area contributed by atoms with Gasteiger partial charge in [0.2, 0.25) is 5.91 Å². The zero-order chi connectivity index (χ0) is 14.7. The Morgan fingerprint density at radius 1 is 1.35 bits per heavy atom. The summed E-state index contributed by atoms with van der Waals surface area (Å²) in [5.41, 5.74) is 0.683. The van der Waals surface area contributed by atoms with Crippen molar-refractivity contribution in [2.24, 2.45) is 0 Å². The number of carbonyl (C=O) groups is 1. The molecule has 0 unspecified atom stereocenters. The lowest BCUT2D eigenvalue weighted by Crippen LogP contribution is -2.30. The molecule has 0 aliphatic carbocycles. The number of nitrogens with zero attached hydrogens (tertiary/aromatic N) is 5. The van der Waals surface area contributed by atoms with Gasteiger partial charge in [0.15, 0.2) is 0 Å². The lowest BCUT2D eigenvalue weighted by molar-refractivity contribution is -0.131. The SMILES string of the molecule is CCn1cc(Cl)c(CN(C)C(=O)Cn2cc(Cl)cn2)n1. The highest BCUT2D eigenvalue weighted by atomic mass is 35.5. The van der Waals surface area contributed by atoms with Crippen molar-refractivity contribution in [1.82, 2.24) is 24.5 Å². The molecule has 2 aromatic heterocycles.